The molecule has 5 heteroatoms. The molecule has 60 valence electrons. The summed E-state index contributed by atoms with van der Waals surface area (Å²) in [5.74, 6) is -3.96. The van der Waals surface area contributed by atoms with Gasteiger partial charge >= 0.3 is 0 Å². The van der Waals surface area contributed by atoms with Crippen LogP contribution < -0.4 is 0 Å². The molecular weight excluding hydrogens is 140 g/mol. The molecule has 1 heterocycles. The maximum atomic E-state index is 9.04. The second-order valence-electron chi connectivity index (χ2n) is 2.42. The molecule has 1 saturated heterocycles. The van der Waals surface area contributed by atoms with Crippen molar-refractivity contribution in [3.8, 4) is 0 Å². The van der Waals surface area contributed by atoms with Crippen molar-refractivity contribution >= 4 is 0 Å². The molecule has 0 aliphatic carbocycles. The fourth-order valence-electron chi connectivity index (χ4n) is 0.789. The highest BCUT2D eigenvalue weighted by Gasteiger charge is 2.72. The third kappa shape index (κ3) is 0.759. The third-order valence-electron chi connectivity index (χ3n) is 1.62. The molecule has 0 radical (unpaired) electrons. The van der Waals surface area contributed by atoms with E-state index in [2.05, 4.69) is 4.74 Å². The van der Waals surface area contributed by atoms with E-state index in [1.807, 2.05) is 0 Å². The molecule has 5 nitrogen and oxygen atoms in total. The summed E-state index contributed by atoms with van der Waals surface area (Å²) >= 11 is 0. The Bertz CT molecular complexity index is 147. The summed E-state index contributed by atoms with van der Waals surface area (Å²) in [7, 11) is 0. The van der Waals surface area contributed by atoms with Gasteiger partial charge < -0.3 is 25.2 Å². The van der Waals surface area contributed by atoms with Crippen molar-refractivity contribution in [2.45, 2.75) is 24.6 Å². The van der Waals surface area contributed by atoms with E-state index in [4.69, 9.17) is 20.4 Å². The average molecular weight is 150 g/mol. The highest BCUT2D eigenvalue weighted by Crippen LogP contribution is 2.45. The van der Waals surface area contributed by atoms with Crippen LogP contribution in [-0.4, -0.2) is 44.7 Å². The Balaban J connectivity index is 2.63. The van der Waals surface area contributed by atoms with E-state index in [0.29, 0.717) is 0 Å². The number of epoxide rings is 1. The monoisotopic (exact) mass is 150 g/mol. The molecule has 0 aromatic heterocycles. The van der Waals surface area contributed by atoms with Crippen LogP contribution in [0.2, 0.25) is 0 Å². The van der Waals surface area contributed by atoms with E-state index in [1.165, 1.54) is 6.92 Å². The first-order chi connectivity index (χ1) is 4.46. The molecule has 1 rings (SSSR count). The summed E-state index contributed by atoms with van der Waals surface area (Å²) < 4.78 is 4.31. The van der Waals surface area contributed by atoms with Crippen molar-refractivity contribution < 1.29 is 25.2 Å². The first-order valence-corrected chi connectivity index (χ1v) is 2.90. The number of ether oxygens (including phenoxy) is 1. The molecule has 1 aliphatic rings. The Labute approximate surface area is 57.5 Å². The van der Waals surface area contributed by atoms with Crippen molar-refractivity contribution in [3.63, 3.8) is 0 Å². The Hall–Kier alpha value is -0.200. The Morgan fingerprint density at radius 1 is 1.50 bits per heavy atom. The van der Waals surface area contributed by atoms with Crippen molar-refractivity contribution in [3.05, 3.63) is 0 Å². The van der Waals surface area contributed by atoms with Crippen LogP contribution in [0.5, 0.6) is 0 Å². The minimum Gasteiger partial charge on any atom is -0.391 e. The normalized spacial score (nSPS) is 48.9. The molecule has 0 saturated carbocycles. The first kappa shape index (κ1) is 7.90. The van der Waals surface area contributed by atoms with Gasteiger partial charge in [-0.2, -0.15) is 0 Å². The van der Waals surface area contributed by atoms with Crippen molar-refractivity contribution in [2.24, 2.45) is 0 Å². The molecule has 0 aromatic rings. The van der Waals surface area contributed by atoms with Gasteiger partial charge in [-0.25, -0.2) is 0 Å². The quantitative estimate of drug-likeness (QED) is 0.334. The molecule has 4 N–H and O–H groups in total. The van der Waals surface area contributed by atoms with Gasteiger partial charge in [-0.1, -0.05) is 0 Å². The minimum absolute atomic E-state index is 0.728. The third-order valence-corrected chi connectivity index (χ3v) is 1.62. The molecular formula is C5H10O5. The Kier molecular flexibility index (Phi) is 1.50. The summed E-state index contributed by atoms with van der Waals surface area (Å²) in [5.41, 5.74) is 0. The van der Waals surface area contributed by atoms with E-state index in [1.54, 1.807) is 0 Å². The molecule has 1 fully saturated rings. The van der Waals surface area contributed by atoms with Gasteiger partial charge in [-0.15, -0.1) is 0 Å². The predicted octanol–water partition coefficient (Wildman–Crippen LogP) is -2.23. The molecule has 3 atom stereocenters. The first-order valence-electron chi connectivity index (χ1n) is 2.90. The topological polar surface area (TPSA) is 93.5 Å². The van der Waals surface area contributed by atoms with E-state index in [-0.39, 0.29) is 0 Å². The van der Waals surface area contributed by atoms with Gasteiger partial charge in [0, 0.05) is 0 Å². The van der Waals surface area contributed by atoms with E-state index >= 15 is 0 Å². The minimum atomic E-state index is -1.98. The average Bonchev–Trinajstić information content (AvgIpc) is 2.39. The lowest BCUT2D eigenvalue weighted by Gasteiger charge is -2.09. The largest absolute Gasteiger partial charge is 0.391 e. The van der Waals surface area contributed by atoms with E-state index in [0.717, 1.165) is 0 Å². The lowest BCUT2D eigenvalue weighted by Crippen LogP contribution is -2.37. The van der Waals surface area contributed by atoms with Gasteiger partial charge in [0.25, 0.3) is 11.6 Å². The van der Waals surface area contributed by atoms with Gasteiger partial charge in [0.15, 0.2) is 0 Å². The summed E-state index contributed by atoms with van der Waals surface area (Å²) in [6.07, 6.45) is -1.22. The number of hydrogen-bond donors (Lipinski definition) is 4. The number of rotatable bonds is 2. The fourth-order valence-corrected chi connectivity index (χ4v) is 0.789. The van der Waals surface area contributed by atoms with Crippen LogP contribution in [0.25, 0.3) is 0 Å². The van der Waals surface area contributed by atoms with Crippen molar-refractivity contribution in [2.75, 3.05) is 6.61 Å². The zero-order valence-electron chi connectivity index (χ0n) is 5.48. The van der Waals surface area contributed by atoms with Gasteiger partial charge in [-0.3, -0.25) is 0 Å². The molecule has 0 spiro atoms. The predicted molar refractivity (Wildman–Crippen MR) is 29.8 cm³/mol. The van der Waals surface area contributed by atoms with Gasteiger partial charge in [0.2, 0.25) is 0 Å². The zero-order valence-corrected chi connectivity index (χ0v) is 5.48. The lowest BCUT2D eigenvalue weighted by atomic mass is 10.1. The SMILES string of the molecule is CC(O)C1(O)OC1(O)CO. The fraction of sp³-hybridized carbons (Fsp3) is 1.00. The van der Waals surface area contributed by atoms with Crippen LogP contribution >= 0.6 is 0 Å². The highest BCUT2D eigenvalue weighted by atomic mass is 16.8. The molecule has 10 heavy (non-hydrogen) atoms. The Morgan fingerprint density at radius 2 is 2.00 bits per heavy atom. The Morgan fingerprint density at radius 3 is 2.10 bits per heavy atom. The van der Waals surface area contributed by atoms with Crippen LogP contribution in [-0.2, 0) is 4.74 Å². The lowest BCUT2D eigenvalue weighted by molar-refractivity contribution is -0.0766. The summed E-state index contributed by atoms with van der Waals surface area (Å²) in [6.45, 7) is 0.530. The molecule has 3 unspecified atom stereocenters. The molecule has 0 amide bonds. The van der Waals surface area contributed by atoms with Crippen molar-refractivity contribution in [1.82, 2.24) is 0 Å². The standard InChI is InChI=1S/C5H10O5/c1-3(7)5(9)4(8,2-6)10-5/h3,6-9H,2H2,1H3. The van der Waals surface area contributed by atoms with Crippen LogP contribution in [0, 0.1) is 0 Å². The van der Waals surface area contributed by atoms with E-state index < -0.39 is 24.3 Å². The molecule has 1 aliphatic heterocycles. The van der Waals surface area contributed by atoms with Crippen LogP contribution in [0.15, 0.2) is 0 Å². The second kappa shape index (κ2) is 1.90. The number of aliphatic hydroxyl groups is 4. The van der Waals surface area contributed by atoms with Crippen LogP contribution in [0.3, 0.4) is 0 Å². The van der Waals surface area contributed by atoms with E-state index in [9.17, 15) is 0 Å². The smallest absolute Gasteiger partial charge is 0.252 e. The maximum absolute atomic E-state index is 9.04. The maximum Gasteiger partial charge on any atom is 0.252 e. The van der Waals surface area contributed by atoms with Crippen LogP contribution in [0.4, 0.5) is 0 Å². The summed E-state index contributed by atoms with van der Waals surface area (Å²) in [6, 6.07) is 0. The van der Waals surface area contributed by atoms with Crippen LogP contribution in [0.1, 0.15) is 6.92 Å². The van der Waals surface area contributed by atoms with Gasteiger partial charge in [-0.05, 0) is 6.92 Å². The molecule has 0 aromatic carbocycles. The number of hydrogen-bond acceptors (Lipinski definition) is 5. The molecule has 0 bridgehead atoms. The highest BCUT2D eigenvalue weighted by molar-refractivity contribution is 5.03. The summed E-state index contributed by atoms with van der Waals surface area (Å²) in [5, 5.41) is 35.2. The van der Waals surface area contributed by atoms with Gasteiger partial charge in [0.1, 0.15) is 12.7 Å². The second-order valence-corrected chi connectivity index (χ2v) is 2.42. The van der Waals surface area contributed by atoms with Crippen molar-refractivity contribution in [1.29, 1.82) is 0 Å². The summed E-state index contributed by atoms with van der Waals surface area (Å²) in [4.78, 5) is 0. The number of aliphatic hydroxyl groups excluding tert-OH is 2. The van der Waals surface area contributed by atoms with Gasteiger partial charge in [0.05, 0.1) is 0 Å². The zero-order chi connectivity index (χ0) is 7.99.